The third-order valence-electron chi connectivity index (χ3n) is 5.44. The van der Waals surface area contributed by atoms with Gasteiger partial charge in [-0.2, -0.15) is 0 Å². The number of primary amides is 1. The first-order valence-electron chi connectivity index (χ1n) is 10.3. The predicted molar refractivity (Wildman–Crippen MR) is 119 cm³/mol. The molecule has 2 aromatic carbocycles. The number of nitrogens with two attached hydrogens (primary N) is 1. The van der Waals surface area contributed by atoms with Crippen LogP contribution in [0.4, 0.5) is 16.2 Å². The Labute approximate surface area is 177 Å². The highest BCUT2D eigenvalue weighted by atomic mass is 16.5. The van der Waals surface area contributed by atoms with Gasteiger partial charge in [-0.1, -0.05) is 42.5 Å². The van der Waals surface area contributed by atoms with Crippen LogP contribution in [0.5, 0.6) is 0 Å². The maximum atomic E-state index is 12.9. The van der Waals surface area contributed by atoms with E-state index in [1.807, 2.05) is 18.2 Å². The van der Waals surface area contributed by atoms with Crippen LogP contribution < -0.4 is 16.0 Å². The van der Waals surface area contributed by atoms with Crippen molar-refractivity contribution in [2.24, 2.45) is 5.73 Å². The second-order valence-electron chi connectivity index (χ2n) is 7.51. The zero-order valence-corrected chi connectivity index (χ0v) is 17.4. The lowest BCUT2D eigenvalue weighted by Gasteiger charge is -2.39. The quantitative estimate of drug-likeness (QED) is 0.700. The molecule has 0 aromatic heterocycles. The molecule has 1 heterocycles. The summed E-state index contributed by atoms with van der Waals surface area (Å²) < 4.78 is 5.11. The number of amides is 3. The fourth-order valence-electron chi connectivity index (χ4n) is 3.98. The van der Waals surface area contributed by atoms with E-state index in [9.17, 15) is 9.59 Å². The van der Waals surface area contributed by atoms with Crippen molar-refractivity contribution in [3.8, 4) is 0 Å². The Balaban J connectivity index is 1.69. The molecule has 7 heteroatoms. The van der Waals surface area contributed by atoms with Crippen LogP contribution in [0.25, 0.3) is 0 Å². The number of anilines is 2. The molecule has 160 valence electrons. The average molecular weight is 411 g/mol. The molecular formula is C23H30N4O3. The molecule has 0 radical (unpaired) electrons. The SMILES string of the molecule is COCC(=O)N(c1ccccc1NC(N)=O)C1CCN(CCc2ccccc2)CC1. The Bertz CT molecular complexity index is 835. The molecule has 0 aliphatic carbocycles. The van der Waals surface area contributed by atoms with Gasteiger partial charge in [-0.05, 0) is 37.0 Å². The van der Waals surface area contributed by atoms with E-state index in [0.29, 0.717) is 11.4 Å². The molecular weight excluding hydrogens is 380 g/mol. The standard InChI is InChI=1S/C23H30N4O3/c1-30-17-22(28)27(21-10-6-5-9-20(21)25-23(24)29)19-12-15-26(16-13-19)14-11-18-7-3-2-4-8-18/h2-10,19H,11-17H2,1H3,(H3,24,25,29). The van der Waals surface area contributed by atoms with Crippen molar-refractivity contribution in [3.63, 3.8) is 0 Å². The number of para-hydroxylation sites is 2. The van der Waals surface area contributed by atoms with Crippen molar-refractivity contribution in [3.05, 3.63) is 60.2 Å². The maximum Gasteiger partial charge on any atom is 0.316 e. The molecule has 0 bridgehead atoms. The van der Waals surface area contributed by atoms with Gasteiger partial charge < -0.3 is 25.6 Å². The predicted octanol–water partition coefficient (Wildman–Crippen LogP) is 2.86. The number of piperidine rings is 1. The average Bonchev–Trinajstić information content (AvgIpc) is 2.75. The molecule has 0 saturated carbocycles. The second kappa shape index (κ2) is 10.8. The van der Waals surface area contributed by atoms with Crippen molar-refractivity contribution in [1.29, 1.82) is 0 Å². The molecule has 7 nitrogen and oxygen atoms in total. The van der Waals surface area contributed by atoms with Crippen molar-refractivity contribution in [2.45, 2.75) is 25.3 Å². The van der Waals surface area contributed by atoms with Crippen LogP contribution in [-0.4, -0.2) is 56.2 Å². The Kier molecular flexibility index (Phi) is 7.82. The monoisotopic (exact) mass is 410 g/mol. The molecule has 1 aliphatic heterocycles. The zero-order chi connectivity index (χ0) is 21.3. The fraction of sp³-hybridized carbons (Fsp3) is 0.391. The van der Waals surface area contributed by atoms with Crippen LogP contribution >= 0.6 is 0 Å². The lowest BCUT2D eigenvalue weighted by molar-refractivity contribution is -0.122. The third-order valence-corrected chi connectivity index (χ3v) is 5.44. The molecule has 3 amide bonds. The Hall–Kier alpha value is -2.90. The molecule has 3 rings (SSSR count). The summed E-state index contributed by atoms with van der Waals surface area (Å²) in [6.45, 7) is 2.82. The number of benzene rings is 2. The molecule has 1 saturated heterocycles. The van der Waals surface area contributed by atoms with Crippen LogP contribution in [0.1, 0.15) is 18.4 Å². The minimum atomic E-state index is -0.655. The summed E-state index contributed by atoms with van der Waals surface area (Å²) in [5.41, 5.74) is 7.84. The normalized spacial score (nSPS) is 15.0. The molecule has 2 aromatic rings. The van der Waals surface area contributed by atoms with E-state index >= 15 is 0 Å². The minimum absolute atomic E-state index is 0.0148. The van der Waals surface area contributed by atoms with Gasteiger partial charge in [-0.25, -0.2) is 4.79 Å². The van der Waals surface area contributed by atoms with Crippen LogP contribution in [-0.2, 0) is 16.0 Å². The highest BCUT2D eigenvalue weighted by molar-refractivity contribution is 6.01. The molecule has 0 unspecified atom stereocenters. The zero-order valence-electron chi connectivity index (χ0n) is 17.4. The summed E-state index contributed by atoms with van der Waals surface area (Å²) in [7, 11) is 1.51. The van der Waals surface area contributed by atoms with E-state index < -0.39 is 6.03 Å². The van der Waals surface area contributed by atoms with Gasteiger partial charge in [0.25, 0.3) is 5.91 Å². The summed E-state index contributed by atoms with van der Waals surface area (Å²) in [6.07, 6.45) is 2.73. The Morgan fingerprint density at radius 3 is 2.43 bits per heavy atom. The molecule has 30 heavy (non-hydrogen) atoms. The number of carbonyl (C=O) groups excluding carboxylic acids is 2. The van der Waals surface area contributed by atoms with Gasteiger partial charge >= 0.3 is 6.03 Å². The van der Waals surface area contributed by atoms with Crippen molar-refractivity contribution < 1.29 is 14.3 Å². The van der Waals surface area contributed by atoms with Crippen LogP contribution in [0.2, 0.25) is 0 Å². The topological polar surface area (TPSA) is 87.9 Å². The minimum Gasteiger partial charge on any atom is -0.375 e. The number of rotatable bonds is 8. The number of ether oxygens (including phenoxy) is 1. The number of urea groups is 1. The lowest BCUT2D eigenvalue weighted by atomic mass is 10.0. The molecule has 1 aliphatic rings. The summed E-state index contributed by atoms with van der Waals surface area (Å²) in [6, 6.07) is 17.1. The van der Waals surface area contributed by atoms with Crippen molar-refractivity contribution in [1.82, 2.24) is 4.90 Å². The maximum absolute atomic E-state index is 12.9. The number of likely N-dealkylation sites (tertiary alicyclic amines) is 1. The second-order valence-corrected chi connectivity index (χ2v) is 7.51. The number of carbonyl (C=O) groups is 2. The van der Waals surface area contributed by atoms with Crippen LogP contribution in [0, 0.1) is 0 Å². The molecule has 0 atom stereocenters. The van der Waals surface area contributed by atoms with E-state index in [1.165, 1.54) is 12.7 Å². The van der Waals surface area contributed by atoms with Crippen molar-refractivity contribution >= 4 is 23.3 Å². The summed E-state index contributed by atoms with van der Waals surface area (Å²) >= 11 is 0. The highest BCUT2D eigenvalue weighted by Gasteiger charge is 2.30. The van der Waals surface area contributed by atoms with Crippen LogP contribution in [0.3, 0.4) is 0 Å². The number of hydrogen-bond acceptors (Lipinski definition) is 4. The van der Waals surface area contributed by atoms with E-state index in [1.54, 1.807) is 17.0 Å². The van der Waals surface area contributed by atoms with Gasteiger partial charge in [0.1, 0.15) is 6.61 Å². The third kappa shape index (κ3) is 5.81. The first kappa shape index (κ1) is 21.8. The van der Waals surface area contributed by atoms with E-state index in [-0.39, 0.29) is 18.6 Å². The smallest absolute Gasteiger partial charge is 0.316 e. The fourth-order valence-corrected chi connectivity index (χ4v) is 3.98. The number of nitrogens with one attached hydrogen (secondary N) is 1. The van der Waals surface area contributed by atoms with Gasteiger partial charge in [0.05, 0.1) is 11.4 Å². The molecule has 1 fully saturated rings. The highest BCUT2D eigenvalue weighted by Crippen LogP contribution is 2.31. The van der Waals surface area contributed by atoms with E-state index in [2.05, 4.69) is 34.5 Å². The van der Waals surface area contributed by atoms with Gasteiger partial charge in [0.15, 0.2) is 0 Å². The summed E-state index contributed by atoms with van der Waals surface area (Å²) in [4.78, 5) is 28.5. The van der Waals surface area contributed by atoms with E-state index in [0.717, 1.165) is 38.9 Å². The lowest BCUT2D eigenvalue weighted by Crippen LogP contribution is -2.49. The van der Waals surface area contributed by atoms with Gasteiger partial charge in [0, 0.05) is 32.8 Å². The van der Waals surface area contributed by atoms with Gasteiger partial charge in [-0.3, -0.25) is 4.79 Å². The number of nitrogens with zero attached hydrogens (tertiary/aromatic N) is 2. The first-order valence-corrected chi connectivity index (χ1v) is 10.3. The molecule has 3 N–H and O–H groups in total. The summed E-state index contributed by atoms with van der Waals surface area (Å²) in [5.74, 6) is -0.126. The molecule has 0 spiro atoms. The first-order chi connectivity index (χ1) is 14.6. The number of methoxy groups -OCH3 is 1. The Morgan fingerprint density at radius 1 is 1.10 bits per heavy atom. The summed E-state index contributed by atoms with van der Waals surface area (Å²) in [5, 5.41) is 2.63. The van der Waals surface area contributed by atoms with Crippen molar-refractivity contribution in [2.75, 3.05) is 43.6 Å². The largest absolute Gasteiger partial charge is 0.375 e. The van der Waals surface area contributed by atoms with E-state index in [4.69, 9.17) is 10.5 Å². The van der Waals surface area contributed by atoms with Crippen LogP contribution in [0.15, 0.2) is 54.6 Å². The van der Waals surface area contributed by atoms with Gasteiger partial charge in [-0.15, -0.1) is 0 Å². The Morgan fingerprint density at radius 2 is 1.77 bits per heavy atom. The number of hydrogen-bond donors (Lipinski definition) is 2. The van der Waals surface area contributed by atoms with Gasteiger partial charge in [0.2, 0.25) is 0 Å².